The van der Waals surface area contributed by atoms with Crippen LogP contribution in [0.3, 0.4) is 0 Å². The smallest absolute Gasteiger partial charge is 0.0736 e. The number of rotatable bonds is 1. The topological polar surface area (TPSA) is 39.3 Å². The second kappa shape index (κ2) is 8.62. The molecule has 4 nitrogen and oxygen atoms in total. The van der Waals surface area contributed by atoms with Crippen LogP contribution in [0.2, 0.25) is 22.2 Å². The van der Waals surface area contributed by atoms with Crippen LogP contribution in [0.25, 0.3) is 0 Å². The Kier molecular flexibility index (Phi) is 5.75. The van der Waals surface area contributed by atoms with Gasteiger partial charge in [0.1, 0.15) is 0 Å². The van der Waals surface area contributed by atoms with Gasteiger partial charge in [0.25, 0.3) is 0 Å². The summed E-state index contributed by atoms with van der Waals surface area (Å²) in [5.41, 5.74) is 4.29. The van der Waals surface area contributed by atoms with Crippen molar-refractivity contribution in [3.63, 3.8) is 0 Å². The quantitative estimate of drug-likeness (QED) is 0.510. The highest BCUT2D eigenvalue weighted by Crippen LogP contribution is 2.71. The largest absolute Gasteiger partial charge is 0.317 e. The Balaban J connectivity index is 1.36. The standard InChI is InChI=1S/C27H48N4Si/c1-2-7-19(8-3-1)31-22-9-4-5-10-23(22)32(24-11-6-14-30-27(24)31)25-17-28-15-12-20(25)21-13-16-29-18-26(21)32/h19-30H,1-18H2. The summed E-state index contributed by atoms with van der Waals surface area (Å²) in [5.74, 6) is 2.14. The van der Waals surface area contributed by atoms with Gasteiger partial charge in [0.05, 0.1) is 14.2 Å². The van der Waals surface area contributed by atoms with E-state index in [2.05, 4.69) is 20.9 Å². The lowest BCUT2D eigenvalue weighted by molar-refractivity contribution is -0.00633. The third-order valence-electron chi connectivity index (χ3n) is 12.0. The molecule has 8 unspecified atom stereocenters. The highest BCUT2D eigenvalue weighted by molar-refractivity contribution is 6.86. The van der Waals surface area contributed by atoms with Crippen LogP contribution in [0.1, 0.15) is 83.5 Å². The van der Waals surface area contributed by atoms with Gasteiger partial charge in [0.15, 0.2) is 0 Å². The molecule has 180 valence electrons. The highest BCUT2D eigenvalue weighted by atomic mass is 28.3. The molecule has 5 saturated heterocycles. The number of fused-ring (bicyclic) bond motifs is 9. The van der Waals surface area contributed by atoms with E-state index in [-0.39, 0.29) is 0 Å². The fraction of sp³-hybridized carbons (Fsp3) is 1.00. The van der Waals surface area contributed by atoms with Crippen molar-refractivity contribution in [1.82, 2.24) is 20.9 Å². The minimum absolute atomic E-state index is 0.737. The first-order valence-electron chi connectivity index (χ1n) is 14.8. The van der Waals surface area contributed by atoms with Gasteiger partial charge in [0.2, 0.25) is 0 Å². The molecule has 5 heteroatoms. The Morgan fingerprint density at radius 2 is 1.22 bits per heavy atom. The zero-order valence-corrected chi connectivity index (χ0v) is 21.4. The normalized spacial score (nSPS) is 52.1. The summed E-state index contributed by atoms with van der Waals surface area (Å²) >= 11 is 0. The van der Waals surface area contributed by atoms with Gasteiger partial charge in [-0.05, 0) is 112 Å². The predicted molar refractivity (Wildman–Crippen MR) is 135 cm³/mol. The maximum Gasteiger partial charge on any atom is 0.0736 e. The van der Waals surface area contributed by atoms with Gasteiger partial charge in [-0.2, -0.15) is 0 Å². The zero-order valence-electron chi connectivity index (χ0n) is 20.4. The molecule has 0 aromatic heterocycles. The average molecular weight is 457 g/mol. The lowest BCUT2D eigenvalue weighted by Crippen LogP contribution is -2.74. The molecule has 5 aliphatic heterocycles. The summed E-state index contributed by atoms with van der Waals surface area (Å²) in [4.78, 5) is 3.22. The van der Waals surface area contributed by atoms with Crippen molar-refractivity contribution in [3.8, 4) is 0 Å². The first kappa shape index (κ1) is 21.3. The fourth-order valence-electron chi connectivity index (χ4n) is 11.4. The zero-order chi connectivity index (χ0) is 21.1. The van der Waals surface area contributed by atoms with Crippen LogP contribution in [0.4, 0.5) is 0 Å². The minimum atomic E-state index is -1.50. The maximum atomic E-state index is 4.26. The number of nitrogens with zero attached hydrogens (tertiary/aromatic N) is 1. The molecule has 1 spiro atoms. The third-order valence-corrected chi connectivity index (χ3v) is 19.7. The second-order valence-electron chi connectivity index (χ2n) is 12.9. The van der Waals surface area contributed by atoms with Crippen molar-refractivity contribution in [2.45, 2.75) is 124 Å². The van der Waals surface area contributed by atoms with E-state index in [9.17, 15) is 0 Å². The summed E-state index contributed by atoms with van der Waals surface area (Å²) in [6.45, 7) is 6.67. The number of piperidine rings is 3. The Morgan fingerprint density at radius 3 is 1.97 bits per heavy atom. The number of nitrogens with one attached hydrogen (secondary N) is 3. The van der Waals surface area contributed by atoms with E-state index < -0.39 is 8.07 Å². The monoisotopic (exact) mass is 456 g/mol. The van der Waals surface area contributed by atoms with Gasteiger partial charge in [-0.15, -0.1) is 0 Å². The third kappa shape index (κ3) is 2.99. The van der Waals surface area contributed by atoms with E-state index in [4.69, 9.17) is 0 Å². The van der Waals surface area contributed by atoms with Crippen molar-refractivity contribution in [2.24, 2.45) is 11.8 Å². The van der Waals surface area contributed by atoms with Gasteiger partial charge in [-0.1, -0.05) is 38.5 Å². The molecular weight excluding hydrogens is 408 g/mol. The Labute approximate surface area is 197 Å². The molecule has 0 radical (unpaired) electrons. The van der Waals surface area contributed by atoms with E-state index in [1.54, 1.807) is 12.8 Å². The summed E-state index contributed by atoms with van der Waals surface area (Å²) in [6.07, 6.45) is 20.3. The first-order chi connectivity index (χ1) is 15.9. The van der Waals surface area contributed by atoms with Crippen LogP contribution in [0.15, 0.2) is 0 Å². The Morgan fingerprint density at radius 1 is 0.562 bits per heavy atom. The van der Waals surface area contributed by atoms with Crippen molar-refractivity contribution in [1.29, 1.82) is 0 Å². The van der Waals surface area contributed by atoms with Crippen molar-refractivity contribution < 1.29 is 0 Å². The molecule has 7 fully saturated rings. The van der Waals surface area contributed by atoms with Crippen molar-refractivity contribution in [2.75, 3.05) is 32.7 Å². The van der Waals surface area contributed by atoms with E-state index in [1.807, 2.05) is 0 Å². The summed E-state index contributed by atoms with van der Waals surface area (Å²) in [7, 11) is -1.50. The molecular formula is C27H48N4Si. The molecule has 8 atom stereocenters. The molecule has 5 heterocycles. The van der Waals surface area contributed by atoms with Gasteiger partial charge < -0.3 is 16.0 Å². The molecule has 2 saturated carbocycles. The van der Waals surface area contributed by atoms with E-state index in [0.717, 1.165) is 52.2 Å². The second-order valence-corrected chi connectivity index (χ2v) is 17.8. The predicted octanol–water partition coefficient (Wildman–Crippen LogP) is 4.45. The summed E-state index contributed by atoms with van der Waals surface area (Å²) in [6, 6.07) is 1.81. The van der Waals surface area contributed by atoms with Crippen LogP contribution < -0.4 is 16.0 Å². The van der Waals surface area contributed by atoms with E-state index in [1.165, 1.54) is 103 Å². The van der Waals surface area contributed by atoms with Gasteiger partial charge >= 0.3 is 0 Å². The Bertz CT molecular complexity index is 633. The number of hydrogen-bond donors (Lipinski definition) is 3. The van der Waals surface area contributed by atoms with Crippen molar-refractivity contribution >= 4 is 8.07 Å². The lowest BCUT2D eigenvalue weighted by atomic mass is 9.80. The van der Waals surface area contributed by atoms with Crippen LogP contribution >= 0.6 is 0 Å². The molecule has 3 N–H and O–H groups in total. The number of hydrogen-bond acceptors (Lipinski definition) is 4. The Hall–Kier alpha value is 0.0569. The molecule has 7 aliphatic rings. The average Bonchev–Trinajstić information content (AvgIpc) is 3.16. The highest BCUT2D eigenvalue weighted by Gasteiger charge is 2.72. The molecule has 7 rings (SSSR count). The van der Waals surface area contributed by atoms with Crippen LogP contribution in [-0.4, -0.2) is 63.9 Å². The fourth-order valence-corrected chi connectivity index (χ4v) is 21.2. The van der Waals surface area contributed by atoms with Crippen molar-refractivity contribution in [3.05, 3.63) is 0 Å². The molecule has 2 aliphatic carbocycles. The van der Waals surface area contributed by atoms with E-state index >= 15 is 0 Å². The van der Waals surface area contributed by atoms with Crippen LogP contribution in [0, 0.1) is 11.8 Å². The minimum Gasteiger partial charge on any atom is -0.317 e. The lowest BCUT2D eigenvalue weighted by Gasteiger charge is -2.67. The molecule has 0 bridgehead atoms. The molecule has 32 heavy (non-hydrogen) atoms. The SMILES string of the molecule is C1CCC(N2C3CCCCC3[Si]3(C4CNCCC4C4CCNCC43)C3CCCNC32)CC1. The van der Waals surface area contributed by atoms with Gasteiger partial charge in [-0.3, -0.25) is 4.90 Å². The first-order valence-corrected chi connectivity index (χ1v) is 17.1. The molecule has 0 aromatic carbocycles. The van der Waals surface area contributed by atoms with Crippen LogP contribution in [-0.2, 0) is 0 Å². The summed E-state index contributed by atoms with van der Waals surface area (Å²) < 4.78 is 0. The van der Waals surface area contributed by atoms with Gasteiger partial charge in [0, 0.05) is 12.1 Å². The maximum absolute atomic E-state index is 4.26. The molecule has 0 aromatic rings. The van der Waals surface area contributed by atoms with E-state index in [0.29, 0.717) is 0 Å². The van der Waals surface area contributed by atoms with Crippen LogP contribution in [0.5, 0.6) is 0 Å². The summed E-state index contributed by atoms with van der Waals surface area (Å²) in [5, 5.41) is 12.2. The van der Waals surface area contributed by atoms with Gasteiger partial charge in [-0.25, -0.2) is 0 Å². The molecule has 0 amide bonds.